The summed E-state index contributed by atoms with van der Waals surface area (Å²) >= 11 is 0. The zero-order valence-corrected chi connectivity index (χ0v) is 15.8. The maximum absolute atomic E-state index is 14.3. The van der Waals surface area contributed by atoms with Crippen molar-refractivity contribution in [3.63, 3.8) is 0 Å². The Morgan fingerprint density at radius 1 is 1.21 bits per heavy atom. The zero-order chi connectivity index (χ0) is 20.5. The number of aromatic nitrogens is 3. The van der Waals surface area contributed by atoms with Crippen molar-refractivity contribution in [2.45, 2.75) is 33.2 Å². The maximum Gasteiger partial charge on any atom is 0.413 e. The first kappa shape index (κ1) is 19.3. The fraction of sp³-hybridized carbons (Fsp3) is 0.263. The third-order valence-electron chi connectivity index (χ3n) is 3.54. The SMILES string of the molecule is Cc1nc2c(Oc3ccc(OC(=O)NC(C)(C)C)c(F)c3)ccnc2[nH]c1=O. The molecule has 0 saturated carbocycles. The summed E-state index contributed by atoms with van der Waals surface area (Å²) in [6.45, 7) is 6.90. The monoisotopic (exact) mass is 386 g/mol. The molecule has 0 fully saturated rings. The van der Waals surface area contributed by atoms with Crippen molar-refractivity contribution in [1.82, 2.24) is 20.3 Å². The fourth-order valence-electron chi connectivity index (χ4n) is 2.32. The first-order chi connectivity index (χ1) is 13.1. The summed E-state index contributed by atoms with van der Waals surface area (Å²) in [6, 6.07) is 5.38. The Morgan fingerprint density at radius 3 is 2.64 bits per heavy atom. The molecule has 0 radical (unpaired) electrons. The van der Waals surface area contributed by atoms with Crippen LogP contribution in [0.15, 0.2) is 35.3 Å². The number of nitrogens with zero attached hydrogens (tertiary/aromatic N) is 2. The summed E-state index contributed by atoms with van der Waals surface area (Å²) < 4.78 is 25.0. The van der Waals surface area contributed by atoms with E-state index in [4.69, 9.17) is 9.47 Å². The average molecular weight is 386 g/mol. The number of aryl methyl sites for hydroxylation is 1. The van der Waals surface area contributed by atoms with Crippen LogP contribution < -0.4 is 20.3 Å². The number of fused-ring (bicyclic) bond motifs is 1. The lowest BCUT2D eigenvalue weighted by atomic mass is 10.1. The van der Waals surface area contributed by atoms with Crippen LogP contribution in [-0.4, -0.2) is 26.6 Å². The number of hydrogen-bond donors (Lipinski definition) is 2. The maximum atomic E-state index is 14.3. The molecule has 0 bridgehead atoms. The van der Waals surface area contributed by atoms with E-state index in [0.29, 0.717) is 11.3 Å². The minimum Gasteiger partial charge on any atom is -0.455 e. The van der Waals surface area contributed by atoms with Gasteiger partial charge in [-0.05, 0) is 39.8 Å². The molecular formula is C19H19FN4O4. The van der Waals surface area contributed by atoms with Crippen LogP contribution in [0.3, 0.4) is 0 Å². The Bertz CT molecular complexity index is 1110. The molecule has 2 N–H and O–H groups in total. The van der Waals surface area contributed by atoms with Gasteiger partial charge in [0.25, 0.3) is 5.56 Å². The predicted molar refractivity (Wildman–Crippen MR) is 100 cm³/mol. The Balaban J connectivity index is 1.84. The highest BCUT2D eigenvalue weighted by Gasteiger charge is 2.17. The lowest BCUT2D eigenvalue weighted by molar-refractivity contribution is 0.188. The van der Waals surface area contributed by atoms with E-state index in [-0.39, 0.29) is 28.4 Å². The van der Waals surface area contributed by atoms with Crippen LogP contribution in [0, 0.1) is 12.7 Å². The first-order valence-corrected chi connectivity index (χ1v) is 8.45. The Morgan fingerprint density at radius 2 is 1.96 bits per heavy atom. The van der Waals surface area contributed by atoms with Crippen molar-refractivity contribution >= 4 is 17.3 Å². The summed E-state index contributed by atoms with van der Waals surface area (Å²) in [5.41, 5.74) is -0.00823. The smallest absolute Gasteiger partial charge is 0.413 e. The van der Waals surface area contributed by atoms with Crippen LogP contribution in [0.1, 0.15) is 26.5 Å². The average Bonchev–Trinajstić information content (AvgIpc) is 2.57. The molecule has 8 nitrogen and oxygen atoms in total. The number of carbonyl (C=O) groups is 1. The van der Waals surface area contributed by atoms with Crippen LogP contribution in [0.25, 0.3) is 11.2 Å². The number of nitrogens with one attached hydrogen (secondary N) is 2. The van der Waals surface area contributed by atoms with Crippen molar-refractivity contribution in [3.8, 4) is 17.2 Å². The van der Waals surface area contributed by atoms with Gasteiger partial charge in [0.15, 0.2) is 23.0 Å². The van der Waals surface area contributed by atoms with Gasteiger partial charge >= 0.3 is 6.09 Å². The van der Waals surface area contributed by atoms with Crippen molar-refractivity contribution in [2.24, 2.45) is 0 Å². The summed E-state index contributed by atoms with van der Waals surface area (Å²) in [5, 5.41) is 2.58. The molecule has 3 rings (SSSR count). The third kappa shape index (κ3) is 4.43. The molecule has 0 aliphatic carbocycles. The second-order valence-corrected chi connectivity index (χ2v) is 7.12. The molecule has 28 heavy (non-hydrogen) atoms. The molecule has 0 aliphatic rings. The van der Waals surface area contributed by atoms with Crippen LogP contribution in [0.4, 0.5) is 9.18 Å². The molecule has 0 saturated heterocycles. The highest BCUT2D eigenvalue weighted by atomic mass is 19.1. The van der Waals surface area contributed by atoms with E-state index in [2.05, 4.69) is 20.3 Å². The number of rotatable bonds is 3. The van der Waals surface area contributed by atoms with Crippen molar-refractivity contribution in [3.05, 3.63) is 52.3 Å². The van der Waals surface area contributed by atoms with E-state index in [1.165, 1.54) is 18.3 Å². The fourth-order valence-corrected chi connectivity index (χ4v) is 2.32. The molecule has 0 spiro atoms. The van der Waals surface area contributed by atoms with Crippen molar-refractivity contribution in [2.75, 3.05) is 0 Å². The van der Waals surface area contributed by atoms with Gasteiger partial charge in [0.2, 0.25) is 0 Å². The lowest BCUT2D eigenvalue weighted by Crippen LogP contribution is -2.42. The summed E-state index contributed by atoms with van der Waals surface area (Å²) in [7, 11) is 0. The summed E-state index contributed by atoms with van der Waals surface area (Å²) in [6.07, 6.45) is 0.679. The Hall–Kier alpha value is -3.49. The number of halogens is 1. The van der Waals surface area contributed by atoms with Gasteiger partial charge in [0, 0.05) is 23.9 Å². The minimum atomic E-state index is -0.766. The topological polar surface area (TPSA) is 106 Å². The van der Waals surface area contributed by atoms with Gasteiger partial charge in [-0.3, -0.25) is 4.79 Å². The number of carbonyl (C=O) groups excluding carboxylic acids is 1. The Labute approximate surface area is 159 Å². The van der Waals surface area contributed by atoms with Gasteiger partial charge in [0.05, 0.1) is 0 Å². The molecule has 1 aromatic carbocycles. The molecule has 0 atom stereocenters. The number of hydrogen-bond acceptors (Lipinski definition) is 6. The summed E-state index contributed by atoms with van der Waals surface area (Å²) in [5.74, 6) is -0.536. The molecule has 0 unspecified atom stereocenters. The van der Waals surface area contributed by atoms with Crippen LogP contribution in [0.2, 0.25) is 0 Å². The van der Waals surface area contributed by atoms with E-state index in [0.717, 1.165) is 6.07 Å². The second-order valence-electron chi connectivity index (χ2n) is 7.12. The number of pyridine rings is 1. The van der Waals surface area contributed by atoms with Crippen LogP contribution in [0.5, 0.6) is 17.2 Å². The molecule has 146 valence electrons. The standard InChI is InChI=1S/C19H19FN4O4/c1-10-17(25)23-16-15(22-10)14(7-8-21-16)27-11-5-6-13(12(20)9-11)28-18(26)24-19(2,3)4/h5-9H,1-4H3,(H,24,26)(H,21,23,25). The molecule has 2 aromatic heterocycles. The van der Waals surface area contributed by atoms with Gasteiger partial charge in [0.1, 0.15) is 17.0 Å². The number of benzene rings is 1. The Kier molecular flexibility index (Phi) is 5.00. The highest BCUT2D eigenvalue weighted by Crippen LogP contribution is 2.29. The number of H-pyrrole nitrogens is 1. The molecule has 1 amide bonds. The zero-order valence-electron chi connectivity index (χ0n) is 15.8. The van der Waals surface area contributed by atoms with Crippen molar-refractivity contribution < 1.29 is 18.7 Å². The molecule has 2 heterocycles. The number of ether oxygens (including phenoxy) is 2. The number of aromatic amines is 1. The second kappa shape index (κ2) is 7.26. The van der Waals surface area contributed by atoms with Gasteiger partial charge in [-0.25, -0.2) is 19.2 Å². The number of amides is 1. The van der Waals surface area contributed by atoms with Crippen molar-refractivity contribution in [1.29, 1.82) is 0 Å². The normalized spacial score (nSPS) is 11.3. The van der Waals surface area contributed by atoms with E-state index in [1.54, 1.807) is 33.8 Å². The van der Waals surface area contributed by atoms with E-state index >= 15 is 0 Å². The van der Waals surface area contributed by atoms with Gasteiger partial charge in [-0.1, -0.05) is 0 Å². The van der Waals surface area contributed by atoms with E-state index < -0.39 is 17.4 Å². The van der Waals surface area contributed by atoms with Crippen LogP contribution in [-0.2, 0) is 0 Å². The first-order valence-electron chi connectivity index (χ1n) is 8.45. The highest BCUT2D eigenvalue weighted by molar-refractivity contribution is 5.77. The van der Waals surface area contributed by atoms with E-state index in [9.17, 15) is 14.0 Å². The largest absolute Gasteiger partial charge is 0.455 e. The molecule has 9 heteroatoms. The van der Waals surface area contributed by atoms with Crippen LogP contribution >= 0.6 is 0 Å². The quantitative estimate of drug-likeness (QED) is 0.714. The third-order valence-corrected chi connectivity index (χ3v) is 3.54. The molecule has 3 aromatic rings. The van der Waals surface area contributed by atoms with Gasteiger partial charge < -0.3 is 19.8 Å². The minimum absolute atomic E-state index is 0.166. The lowest BCUT2D eigenvalue weighted by Gasteiger charge is -2.20. The molecule has 0 aliphatic heterocycles. The van der Waals surface area contributed by atoms with E-state index in [1.807, 2.05) is 0 Å². The predicted octanol–water partition coefficient (Wildman–Crippen LogP) is 3.44. The molecular weight excluding hydrogens is 367 g/mol. The summed E-state index contributed by atoms with van der Waals surface area (Å²) in [4.78, 5) is 34.3. The van der Waals surface area contributed by atoms with Gasteiger partial charge in [-0.15, -0.1) is 0 Å². The van der Waals surface area contributed by atoms with Gasteiger partial charge in [-0.2, -0.15) is 0 Å².